The van der Waals surface area contributed by atoms with Gasteiger partial charge < -0.3 is 5.11 Å². The molecular weight excluding hydrogens is 591 g/mol. The van der Waals surface area contributed by atoms with E-state index in [1.807, 2.05) is 97.1 Å². The lowest BCUT2D eigenvalue weighted by Crippen LogP contribution is -2.29. The quantitative estimate of drug-likeness (QED) is 0.132. The summed E-state index contributed by atoms with van der Waals surface area (Å²) in [5, 5.41) is 14.4. The van der Waals surface area contributed by atoms with Crippen molar-refractivity contribution in [3.05, 3.63) is 231 Å². The maximum atomic E-state index is 13.2. The van der Waals surface area contributed by atoms with Crippen molar-refractivity contribution in [1.82, 2.24) is 0 Å². The molecule has 0 aliphatic rings. The van der Waals surface area contributed by atoms with E-state index in [1.54, 1.807) is 24.3 Å². The zero-order valence-electron chi connectivity index (χ0n) is 24.4. The minimum Gasteiger partial charge on any atom is -0.375 e. The van der Waals surface area contributed by atoms with Gasteiger partial charge in [-0.3, -0.25) is 0 Å². The van der Waals surface area contributed by atoms with Gasteiger partial charge in [0.25, 0.3) is 0 Å². The van der Waals surface area contributed by atoms with Gasteiger partial charge in [0.2, 0.25) is 0 Å². The molecule has 0 amide bonds. The van der Waals surface area contributed by atoms with Crippen LogP contribution >= 0.6 is 23.2 Å². The van der Waals surface area contributed by atoms with E-state index in [4.69, 9.17) is 23.2 Å². The zero-order valence-corrected chi connectivity index (χ0v) is 26.0. The van der Waals surface area contributed by atoms with Crippen LogP contribution in [0.25, 0.3) is 11.1 Å². The summed E-state index contributed by atoms with van der Waals surface area (Å²) < 4.78 is 0. The Bertz CT molecular complexity index is 1830. The van der Waals surface area contributed by atoms with Crippen molar-refractivity contribution >= 4 is 34.3 Å². The number of aliphatic hydroxyl groups is 1. The fourth-order valence-electron chi connectivity index (χ4n) is 5.46. The normalized spacial score (nSPS) is 10.9. The molecule has 218 valence electrons. The van der Waals surface area contributed by atoms with Crippen LogP contribution < -0.4 is 0 Å². The molecule has 1 N–H and O–H groups in total. The van der Waals surface area contributed by atoms with Crippen molar-refractivity contribution in [3.63, 3.8) is 0 Å². The largest absolute Gasteiger partial charge is 0.375 e. The van der Waals surface area contributed by atoms with Crippen LogP contribution in [-0.4, -0.2) is 5.11 Å². The Balaban J connectivity index is 1.79. The van der Waals surface area contributed by atoms with Gasteiger partial charge in [0, 0.05) is 21.2 Å². The van der Waals surface area contributed by atoms with Gasteiger partial charge in [-0.1, -0.05) is 169 Å². The van der Waals surface area contributed by atoms with Crippen LogP contribution in [0.2, 0.25) is 10.0 Å². The van der Waals surface area contributed by atoms with Crippen LogP contribution in [0.3, 0.4) is 0 Å². The van der Waals surface area contributed by atoms with Crippen molar-refractivity contribution in [2.45, 2.75) is 5.60 Å². The van der Waals surface area contributed by atoms with E-state index in [2.05, 4.69) is 60.3 Å². The summed E-state index contributed by atoms with van der Waals surface area (Å²) in [5.74, 6) is 0. The van der Waals surface area contributed by atoms with Crippen LogP contribution in [0.1, 0.15) is 33.4 Å². The monoisotopic (exact) mass is 620 g/mol. The van der Waals surface area contributed by atoms with Gasteiger partial charge in [0.1, 0.15) is 5.60 Å². The predicted molar refractivity (Wildman–Crippen MR) is 188 cm³/mol. The molecule has 0 bridgehead atoms. The van der Waals surface area contributed by atoms with E-state index >= 15 is 0 Å². The standard InChI is InChI=1S/C42H30Cl2O/c43-38-25-21-35(22-26-38)42(45,36-23-27-39(44)28-24-36)37(29-40(31-13-5-1-6-14-31)32-15-7-2-8-16-32)30-41(33-17-9-3-10-18-33)34-19-11-4-12-20-34/h1-29,45H. The van der Waals surface area contributed by atoms with Gasteiger partial charge in [-0.15, -0.1) is 5.73 Å². The molecule has 0 aliphatic carbocycles. The van der Waals surface area contributed by atoms with Crippen LogP contribution in [0.5, 0.6) is 0 Å². The molecule has 0 aliphatic heterocycles. The number of hydrogen-bond acceptors (Lipinski definition) is 1. The Morgan fingerprint density at radius 3 is 1.16 bits per heavy atom. The molecule has 0 unspecified atom stereocenters. The molecule has 0 aromatic heterocycles. The summed E-state index contributed by atoms with van der Waals surface area (Å²) in [4.78, 5) is 0. The molecule has 0 radical (unpaired) electrons. The van der Waals surface area contributed by atoms with E-state index in [-0.39, 0.29) is 0 Å². The highest BCUT2D eigenvalue weighted by atomic mass is 35.5. The molecule has 0 saturated carbocycles. The van der Waals surface area contributed by atoms with Crippen LogP contribution in [0.4, 0.5) is 0 Å². The molecular formula is C42H30Cl2O. The summed E-state index contributed by atoms with van der Waals surface area (Å²) >= 11 is 12.7. The van der Waals surface area contributed by atoms with E-state index in [9.17, 15) is 5.11 Å². The summed E-state index contributed by atoms with van der Waals surface area (Å²) in [7, 11) is 0. The lowest BCUT2D eigenvalue weighted by atomic mass is 9.78. The SMILES string of the molecule is OC(C(=C=C(c1ccccc1)c1ccccc1)C=C(c1ccccc1)c1ccccc1)(c1ccc(Cl)cc1)c1ccc(Cl)cc1. The third-order valence-electron chi connectivity index (χ3n) is 7.76. The highest BCUT2D eigenvalue weighted by molar-refractivity contribution is 6.30. The Hall–Kier alpha value is -4.88. The fourth-order valence-corrected chi connectivity index (χ4v) is 5.71. The van der Waals surface area contributed by atoms with Crippen molar-refractivity contribution in [1.29, 1.82) is 0 Å². The smallest absolute Gasteiger partial charge is 0.147 e. The topological polar surface area (TPSA) is 20.2 Å². The van der Waals surface area contributed by atoms with Crippen LogP contribution in [-0.2, 0) is 5.60 Å². The first-order chi connectivity index (χ1) is 22.0. The predicted octanol–water partition coefficient (Wildman–Crippen LogP) is 11.0. The molecule has 0 fully saturated rings. The Labute approximate surface area is 274 Å². The Kier molecular flexibility index (Phi) is 9.27. The van der Waals surface area contributed by atoms with E-state index in [0.29, 0.717) is 26.7 Å². The Morgan fingerprint density at radius 1 is 0.467 bits per heavy atom. The van der Waals surface area contributed by atoms with Crippen molar-refractivity contribution in [2.24, 2.45) is 0 Å². The second kappa shape index (κ2) is 13.8. The summed E-state index contributed by atoms with van der Waals surface area (Å²) in [6.07, 6.45) is 2.06. The number of benzene rings is 6. The third kappa shape index (κ3) is 6.79. The van der Waals surface area contributed by atoms with Crippen molar-refractivity contribution < 1.29 is 5.11 Å². The molecule has 6 aromatic rings. The van der Waals surface area contributed by atoms with Gasteiger partial charge >= 0.3 is 0 Å². The van der Waals surface area contributed by atoms with E-state index in [1.165, 1.54) is 0 Å². The van der Waals surface area contributed by atoms with Gasteiger partial charge in [-0.25, -0.2) is 0 Å². The van der Waals surface area contributed by atoms with Crippen LogP contribution in [0, 0.1) is 0 Å². The number of rotatable bonds is 8. The maximum absolute atomic E-state index is 13.2. The average molecular weight is 622 g/mol. The third-order valence-corrected chi connectivity index (χ3v) is 8.26. The van der Waals surface area contributed by atoms with Gasteiger partial charge in [0.05, 0.1) is 0 Å². The molecule has 0 heterocycles. The molecule has 3 heteroatoms. The van der Waals surface area contributed by atoms with E-state index in [0.717, 1.165) is 33.4 Å². The van der Waals surface area contributed by atoms with Crippen LogP contribution in [0.15, 0.2) is 187 Å². The highest BCUT2D eigenvalue weighted by Crippen LogP contribution is 2.41. The molecule has 0 spiro atoms. The summed E-state index contributed by atoms with van der Waals surface area (Å²) in [6, 6.07) is 55.4. The fraction of sp³-hybridized carbons (Fsp3) is 0.0238. The second-order valence-corrected chi connectivity index (χ2v) is 11.5. The van der Waals surface area contributed by atoms with E-state index < -0.39 is 5.60 Å². The Morgan fingerprint density at radius 2 is 0.800 bits per heavy atom. The number of halogens is 2. The molecule has 6 aromatic carbocycles. The molecule has 6 rings (SSSR count). The van der Waals surface area contributed by atoms with Crippen molar-refractivity contribution in [2.75, 3.05) is 0 Å². The van der Waals surface area contributed by atoms with Gasteiger partial charge in [0.15, 0.2) is 0 Å². The second-order valence-electron chi connectivity index (χ2n) is 10.7. The summed E-state index contributed by atoms with van der Waals surface area (Å²) in [5.41, 5.74) is 9.75. The maximum Gasteiger partial charge on any atom is 0.147 e. The van der Waals surface area contributed by atoms with Gasteiger partial charge in [-0.05, 0) is 69.3 Å². The minimum atomic E-state index is -1.64. The first-order valence-corrected chi connectivity index (χ1v) is 15.5. The summed E-state index contributed by atoms with van der Waals surface area (Å²) in [6.45, 7) is 0. The molecule has 0 atom stereocenters. The first-order valence-electron chi connectivity index (χ1n) is 14.7. The molecule has 1 nitrogen and oxygen atoms in total. The lowest BCUT2D eigenvalue weighted by Gasteiger charge is -2.31. The van der Waals surface area contributed by atoms with Gasteiger partial charge in [-0.2, -0.15) is 0 Å². The first kappa shape index (κ1) is 30.2. The molecule has 0 saturated heterocycles. The zero-order chi connectivity index (χ0) is 31.1. The average Bonchev–Trinajstić information content (AvgIpc) is 3.10. The molecule has 45 heavy (non-hydrogen) atoms. The number of hydrogen-bond donors (Lipinski definition) is 1. The lowest BCUT2D eigenvalue weighted by molar-refractivity contribution is 0.125. The van der Waals surface area contributed by atoms with Crippen molar-refractivity contribution in [3.8, 4) is 0 Å². The minimum absolute atomic E-state index is 0.553. The highest BCUT2D eigenvalue weighted by Gasteiger charge is 2.36.